The molecule has 20 heavy (non-hydrogen) atoms. The van der Waals surface area contributed by atoms with Crippen LogP contribution in [0.2, 0.25) is 0 Å². The summed E-state index contributed by atoms with van der Waals surface area (Å²) in [7, 11) is 3.94. The molecule has 1 aliphatic rings. The number of H-pyrrole nitrogens is 1. The molecule has 3 rings (SSSR count). The fourth-order valence-electron chi connectivity index (χ4n) is 3.08. The molecule has 1 atom stereocenters. The van der Waals surface area contributed by atoms with Crippen LogP contribution >= 0.6 is 0 Å². The van der Waals surface area contributed by atoms with Gasteiger partial charge in [0.15, 0.2) is 0 Å². The number of hydrogen-bond donors (Lipinski definition) is 2. The number of amides is 1. The Bertz CT molecular complexity index is 648. The van der Waals surface area contributed by atoms with Crippen LogP contribution < -0.4 is 0 Å². The van der Waals surface area contributed by atoms with Crippen LogP contribution in [0.4, 0.5) is 4.79 Å². The molecule has 2 aromatic rings. The number of para-hydroxylation sites is 1. The first-order valence-electron chi connectivity index (χ1n) is 6.81. The van der Waals surface area contributed by atoms with Gasteiger partial charge in [0.1, 0.15) is 0 Å². The molecular weight excluding hydrogens is 254 g/mol. The summed E-state index contributed by atoms with van der Waals surface area (Å²) in [6.45, 7) is 1.24. The smallest absolute Gasteiger partial charge is 0.407 e. The minimum absolute atomic E-state index is 0.126. The highest BCUT2D eigenvalue weighted by molar-refractivity contribution is 5.85. The first-order valence-corrected chi connectivity index (χ1v) is 6.81. The highest BCUT2D eigenvalue weighted by atomic mass is 16.4. The van der Waals surface area contributed by atoms with Crippen molar-refractivity contribution in [1.29, 1.82) is 0 Å². The number of benzene rings is 1. The van der Waals surface area contributed by atoms with Crippen molar-refractivity contribution in [1.82, 2.24) is 14.8 Å². The Morgan fingerprint density at radius 2 is 2.20 bits per heavy atom. The van der Waals surface area contributed by atoms with Gasteiger partial charge in [-0.1, -0.05) is 18.2 Å². The monoisotopic (exact) mass is 273 g/mol. The van der Waals surface area contributed by atoms with Gasteiger partial charge >= 0.3 is 6.09 Å². The molecule has 1 aromatic carbocycles. The number of likely N-dealkylation sites (N-methyl/N-ethyl adjacent to an activating group) is 1. The lowest BCUT2D eigenvalue weighted by molar-refractivity contribution is 0.108. The average Bonchev–Trinajstić information content (AvgIpc) is 2.77. The van der Waals surface area contributed by atoms with Gasteiger partial charge in [-0.05, 0) is 32.1 Å². The Morgan fingerprint density at radius 1 is 1.45 bits per heavy atom. The fourth-order valence-corrected chi connectivity index (χ4v) is 3.08. The molecule has 0 fully saturated rings. The summed E-state index contributed by atoms with van der Waals surface area (Å²) in [4.78, 5) is 18.5. The second-order valence-electron chi connectivity index (χ2n) is 5.57. The molecule has 2 N–H and O–H groups in total. The molecular formula is C15H19N3O2. The van der Waals surface area contributed by atoms with Crippen molar-refractivity contribution in [3.8, 4) is 0 Å². The van der Waals surface area contributed by atoms with Crippen LogP contribution in [0.1, 0.15) is 17.3 Å². The summed E-state index contributed by atoms with van der Waals surface area (Å²) < 4.78 is 0. The lowest BCUT2D eigenvalue weighted by Crippen LogP contribution is -2.43. The van der Waals surface area contributed by atoms with Crippen LogP contribution in [0.5, 0.6) is 0 Å². The molecule has 5 heteroatoms. The van der Waals surface area contributed by atoms with Gasteiger partial charge in [-0.15, -0.1) is 0 Å². The van der Waals surface area contributed by atoms with Gasteiger partial charge in [0.25, 0.3) is 0 Å². The summed E-state index contributed by atoms with van der Waals surface area (Å²) in [6, 6.07) is 8.05. The maximum Gasteiger partial charge on any atom is 0.407 e. The van der Waals surface area contributed by atoms with Crippen molar-refractivity contribution in [3.63, 3.8) is 0 Å². The van der Waals surface area contributed by atoms with E-state index in [1.165, 1.54) is 15.8 Å². The first kappa shape index (κ1) is 13.0. The third-order valence-electron chi connectivity index (χ3n) is 3.94. The van der Waals surface area contributed by atoms with E-state index < -0.39 is 6.09 Å². The van der Waals surface area contributed by atoms with Gasteiger partial charge in [0.05, 0.1) is 6.04 Å². The number of carbonyl (C=O) groups is 1. The molecule has 106 valence electrons. The van der Waals surface area contributed by atoms with E-state index >= 15 is 0 Å². The molecule has 0 saturated heterocycles. The van der Waals surface area contributed by atoms with Crippen molar-refractivity contribution in [2.45, 2.75) is 12.5 Å². The molecule has 0 saturated carbocycles. The molecule has 0 radical (unpaired) electrons. The molecule has 5 nitrogen and oxygen atoms in total. The first-order chi connectivity index (χ1) is 9.58. The molecule has 2 heterocycles. The number of fused-ring (bicyclic) bond motifs is 3. The largest absolute Gasteiger partial charge is 0.465 e. The number of aromatic nitrogens is 1. The lowest BCUT2D eigenvalue weighted by atomic mass is 9.97. The number of nitrogens with one attached hydrogen (secondary N) is 1. The fraction of sp³-hybridized carbons (Fsp3) is 0.400. The van der Waals surface area contributed by atoms with Crippen molar-refractivity contribution in [2.75, 3.05) is 27.2 Å². The summed E-state index contributed by atoms with van der Waals surface area (Å²) in [5.74, 6) is 0. The minimum Gasteiger partial charge on any atom is -0.465 e. The normalized spacial score (nSPS) is 18.6. The zero-order valence-corrected chi connectivity index (χ0v) is 11.8. The predicted octanol–water partition coefficient (Wildman–Crippen LogP) is 2.31. The topological polar surface area (TPSA) is 59.6 Å². The average molecular weight is 273 g/mol. The molecule has 0 spiro atoms. The second kappa shape index (κ2) is 4.83. The van der Waals surface area contributed by atoms with E-state index in [9.17, 15) is 9.90 Å². The van der Waals surface area contributed by atoms with Gasteiger partial charge in [-0.3, -0.25) is 4.90 Å². The number of rotatable bonds is 2. The summed E-state index contributed by atoms with van der Waals surface area (Å²) in [5.41, 5.74) is 3.41. The summed E-state index contributed by atoms with van der Waals surface area (Å²) in [5, 5.41) is 10.6. The van der Waals surface area contributed by atoms with E-state index in [1.54, 1.807) is 0 Å². The predicted molar refractivity (Wildman–Crippen MR) is 78.0 cm³/mol. The number of nitrogens with zero attached hydrogens (tertiary/aromatic N) is 2. The molecule has 1 unspecified atom stereocenters. The van der Waals surface area contributed by atoms with Crippen LogP contribution in [0.15, 0.2) is 24.3 Å². The molecule has 1 aromatic heterocycles. The Labute approximate surface area is 117 Å². The van der Waals surface area contributed by atoms with Gasteiger partial charge in [-0.2, -0.15) is 0 Å². The van der Waals surface area contributed by atoms with Gasteiger partial charge in [0, 0.05) is 29.7 Å². The summed E-state index contributed by atoms with van der Waals surface area (Å²) in [6.07, 6.45) is -0.0728. The van der Waals surface area contributed by atoms with E-state index in [-0.39, 0.29) is 6.04 Å². The van der Waals surface area contributed by atoms with E-state index in [1.807, 2.05) is 37.2 Å². The van der Waals surface area contributed by atoms with E-state index in [0.29, 0.717) is 13.1 Å². The third kappa shape index (κ3) is 2.04. The maximum atomic E-state index is 11.5. The Balaban J connectivity index is 2.11. The minimum atomic E-state index is -0.846. The summed E-state index contributed by atoms with van der Waals surface area (Å²) >= 11 is 0. The quantitative estimate of drug-likeness (QED) is 0.882. The van der Waals surface area contributed by atoms with Crippen molar-refractivity contribution >= 4 is 17.0 Å². The number of hydrogen-bond acceptors (Lipinski definition) is 2. The van der Waals surface area contributed by atoms with E-state index in [0.717, 1.165) is 17.6 Å². The zero-order valence-electron chi connectivity index (χ0n) is 11.8. The second-order valence-corrected chi connectivity index (χ2v) is 5.57. The van der Waals surface area contributed by atoms with Crippen LogP contribution in [0.3, 0.4) is 0 Å². The van der Waals surface area contributed by atoms with Crippen LogP contribution in [-0.2, 0) is 6.42 Å². The van der Waals surface area contributed by atoms with Crippen LogP contribution in [-0.4, -0.2) is 53.2 Å². The number of carboxylic acid groups (broad SMARTS) is 1. The highest BCUT2D eigenvalue weighted by Gasteiger charge is 2.33. The Kier molecular flexibility index (Phi) is 3.14. The van der Waals surface area contributed by atoms with Gasteiger partial charge in [-0.25, -0.2) is 4.79 Å². The lowest BCUT2D eigenvalue weighted by Gasteiger charge is -2.35. The maximum absolute atomic E-state index is 11.5. The van der Waals surface area contributed by atoms with Crippen molar-refractivity contribution < 1.29 is 9.90 Å². The van der Waals surface area contributed by atoms with Crippen LogP contribution in [0.25, 0.3) is 10.9 Å². The number of aromatic amines is 1. The van der Waals surface area contributed by atoms with Crippen molar-refractivity contribution in [2.24, 2.45) is 0 Å². The zero-order chi connectivity index (χ0) is 14.3. The standard InChI is InChI=1S/C15H19N3O2/c1-17(2)9-13-14-11(7-8-18(13)15(19)20)10-5-3-4-6-12(10)16-14/h3-6,13,16H,7-9H2,1-2H3,(H,19,20). The Morgan fingerprint density at radius 3 is 2.90 bits per heavy atom. The SMILES string of the molecule is CN(C)CC1c2[nH]c3ccccc3c2CCN1C(=O)O. The Hall–Kier alpha value is -2.01. The van der Waals surface area contributed by atoms with Gasteiger partial charge in [0.2, 0.25) is 0 Å². The van der Waals surface area contributed by atoms with Gasteiger partial charge < -0.3 is 15.0 Å². The molecule has 1 aliphatic heterocycles. The molecule has 0 aliphatic carbocycles. The van der Waals surface area contributed by atoms with E-state index in [2.05, 4.69) is 11.1 Å². The van der Waals surface area contributed by atoms with Crippen LogP contribution in [0, 0.1) is 0 Å². The van der Waals surface area contributed by atoms with Crippen molar-refractivity contribution in [3.05, 3.63) is 35.5 Å². The third-order valence-corrected chi connectivity index (χ3v) is 3.94. The van der Waals surface area contributed by atoms with E-state index in [4.69, 9.17) is 0 Å². The highest BCUT2D eigenvalue weighted by Crippen LogP contribution is 2.34. The molecule has 0 bridgehead atoms. The molecule has 1 amide bonds.